The van der Waals surface area contributed by atoms with Crippen molar-refractivity contribution >= 4 is 21.9 Å². The van der Waals surface area contributed by atoms with Gasteiger partial charge in [0.25, 0.3) is 0 Å². The molecular weight excluding hydrogens is 293 g/mol. The van der Waals surface area contributed by atoms with Crippen LogP contribution in [-0.4, -0.2) is 16.2 Å². The highest BCUT2D eigenvalue weighted by Crippen LogP contribution is 2.32. The van der Waals surface area contributed by atoms with Crippen LogP contribution in [0.1, 0.15) is 16.1 Å². The van der Waals surface area contributed by atoms with E-state index < -0.39 is 11.8 Å². The third kappa shape index (κ3) is 2.08. The van der Waals surface area contributed by atoms with Gasteiger partial charge in [-0.2, -0.15) is 0 Å². The number of aryl methyl sites for hydroxylation is 1. The lowest BCUT2D eigenvalue weighted by Crippen LogP contribution is -1.92. The average molecular weight is 300 g/mol. The van der Waals surface area contributed by atoms with E-state index in [1.165, 1.54) is 12.1 Å². The molecule has 0 spiro atoms. The number of nitrogens with zero attached hydrogens (tertiary/aromatic N) is 1. The Morgan fingerprint density at radius 2 is 2.24 bits per heavy atom. The van der Waals surface area contributed by atoms with Crippen LogP contribution in [0.4, 0.5) is 4.39 Å². The number of aromatic nitrogens is 1. The number of carboxylic acid groups (broad SMARTS) is 1. The van der Waals surface area contributed by atoms with Crippen molar-refractivity contribution in [2.45, 2.75) is 6.92 Å². The van der Waals surface area contributed by atoms with Gasteiger partial charge in [-0.15, -0.1) is 0 Å². The zero-order valence-electron chi connectivity index (χ0n) is 8.70. The van der Waals surface area contributed by atoms with Crippen molar-refractivity contribution in [1.29, 1.82) is 0 Å². The maximum atomic E-state index is 13.4. The molecule has 1 N–H and O–H groups in total. The molecule has 0 saturated heterocycles. The van der Waals surface area contributed by atoms with E-state index in [1.807, 2.05) is 0 Å². The van der Waals surface area contributed by atoms with Crippen molar-refractivity contribution in [3.63, 3.8) is 0 Å². The van der Waals surface area contributed by atoms with E-state index in [9.17, 15) is 9.18 Å². The summed E-state index contributed by atoms with van der Waals surface area (Å²) in [6.07, 6.45) is 0. The van der Waals surface area contributed by atoms with Crippen molar-refractivity contribution < 1.29 is 18.8 Å². The van der Waals surface area contributed by atoms with Gasteiger partial charge in [0.1, 0.15) is 11.5 Å². The van der Waals surface area contributed by atoms with Crippen molar-refractivity contribution in [2.75, 3.05) is 0 Å². The molecule has 1 aromatic carbocycles. The van der Waals surface area contributed by atoms with Crippen LogP contribution in [0.25, 0.3) is 11.3 Å². The number of hydrogen-bond donors (Lipinski definition) is 1. The van der Waals surface area contributed by atoms with Gasteiger partial charge in [-0.05, 0) is 34.5 Å². The molecule has 0 radical (unpaired) electrons. The zero-order valence-corrected chi connectivity index (χ0v) is 10.3. The predicted molar refractivity (Wildman–Crippen MR) is 61.3 cm³/mol. The van der Waals surface area contributed by atoms with E-state index in [4.69, 9.17) is 5.11 Å². The van der Waals surface area contributed by atoms with Crippen LogP contribution in [0.15, 0.2) is 27.2 Å². The van der Waals surface area contributed by atoms with Crippen LogP contribution in [0.3, 0.4) is 0 Å². The molecule has 0 aliphatic carbocycles. The standard InChI is InChI=1S/C11H7BrFNO3/c1-5-2-3-6(13)10(12)9(5)7-4-8(11(15)16)17-14-7/h2-4H,1H3,(H,15,16). The minimum atomic E-state index is -1.21. The number of carbonyl (C=O) groups is 1. The number of benzene rings is 1. The second kappa shape index (κ2) is 4.29. The third-order valence-electron chi connectivity index (χ3n) is 2.28. The second-order valence-corrected chi connectivity index (χ2v) is 4.23. The Kier molecular flexibility index (Phi) is 2.97. The highest BCUT2D eigenvalue weighted by molar-refractivity contribution is 9.10. The summed E-state index contributed by atoms with van der Waals surface area (Å²) in [5, 5.41) is 12.3. The largest absolute Gasteiger partial charge is 0.475 e. The first kappa shape index (κ1) is 11.8. The summed E-state index contributed by atoms with van der Waals surface area (Å²) in [7, 11) is 0. The van der Waals surface area contributed by atoms with E-state index in [-0.39, 0.29) is 15.9 Å². The maximum Gasteiger partial charge on any atom is 0.374 e. The normalized spacial score (nSPS) is 10.5. The number of carboxylic acids is 1. The average Bonchev–Trinajstić information content (AvgIpc) is 2.73. The van der Waals surface area contributed by atoms with E-state index in [2.05, 4.69) is 25.6 Å². The molecule has 4 nitrogen and oxygen atoms in total. The van der Waals surface area contributed by atoms with Gasteiger partial charge < -0.3 is 9.63 Å². The minimum absolute atomic E-state index is 0.239. The van der Waals surface area contributed by atoms with Crippen molar-refractivity contribution in [1.82, 2.24) is 5.16 Å². The van der Waals surface area contributed by atoms with Crippen LogP contribution in [-0.2, 0) is 0 Å². The van der Waals surface area contributed by atoms with Crippen LogP contribution in [0.5, 0.6) is 0 Å². The van der Waals surface area contributed by atoms with Gasteiger partial charge in [0.2, 0.25) is 5.76 Å². The lowest BCUT2D eigenvalue weighted by molar-refractivity contribution is 0.0652. The molecule has 1 heterocycles. The van der Waals surface area contributed by atoms with Gasteiger partial charge >= 0.3 is 5.97 Å². The molecule has 0 atom stereocenters. The molecule has 2 rings (SSSR count). The molecule has 0 saturated carbocycles. The Labute approximate surface area is 104 Å². The fourth-order valence-electron chi connectivity index (χ4n) is 1.46. The van der Waals surface area contributed by atoms with E-state index >= 15 is 0 Å². The molecule has 1 aromatic heterocycles. The van der Waals surface area contributed by atoms with Gasteiger partial charge in [-0.3, -0.25) is 0 Å². The highest BCUT2D eigenvalue weighted by Gasteiger charge is 2.17. The molecule has 17 heavy (non-hydrogen) atoms. The molecule has 0 unspecified atom stereocenters. The first-order valence-corrected chi connectivity index (χ1v) is 5.45. The first-order chi connectivity index (χ1) is 8.00. The third-order valence-corrected chi connectivity index (χ3v) is 3.06. The van der Waals surface area contributed by atoms with Crippen molar-refractivity contribution in [3.8, 4) is 11.3 Å². The summed E-state index contributed by atoms with van der Waals surface area (Å²) in [6.45, 7) is 1.77. The highest BCUT2D eigenvalue weighted by atomic mass is 79.9. The molecular formula is C11H7BrFNO3. The van der Waals surface area contributed by atoms with Gasteiger partial charge in [0.15, 0.2) is 0 Å². The summed E-state index contributed by atoms with van der Waals surface area (Å²) >= 11 is 3.11. The Morgan fingerprint density at radius 3 is 2.82 bits per heavy atom. The van der Waals surface area contributed by atoms with Crippen LogP contribution >= 0.6 is 15.9 Å². The summed E-state index contributed by atoms with van der Waals surface area (Å²) in [5.74, 6) is -1.94. The monoisotopic (exact) mass is 299 g/mol. The maximum absolute atomic E-state index is 13.4. The van der Waals surface area contributed by atoms with Crippen LogP contribution < -0.4 is 0 Å². The summed E-state index contributed by atoms with van der Waals surface area (Å²) in [4.78, 5) is 10.7. The van der Waals surface area contributed by atoms with Crippen molar-refractivity contribution in [3.05, 3.63) is 39.8 Å². The molecule has 6 heteroatoms. The SMILES string of the molecule is Cc1ccc(F)c(Br)c1-c1cc(C(=O)O)on1. The molecule has 0 fully saturated rings. The Balaban J connectivity index is 2.60. The molecule has 0 amide bonds. The minimum Gasteiger partial charge on any atom is -0.475 e. The zero-order chi connectivity index (χ0) is 12.6. The molecule has 88 valence electrons. The molecule has 2 aromatic rings. The van der Waals surface area contributed by atoms with Crippen LogP contribution in [0, 0.1) is 12.7 Å². The van der Waals surface area contributed by atoms with Gasteiger partial charge in [-0.25, -0.2) is 9.18 Å². The predicted octanol–water partition coefficient (Wildman–Crippen LogP) is 3.25. The quantitative estimate of drug-likeness (QED) is 0.924. The molecule has 0 aliphatic heterocycles. The fourth-order valence-corrected chi connectivity index (χ4v) is 2.10. The summed E-state index contributed by atoms with van der Waals surface area (Å²) < 4.78 is 18.3. The fraction of sp³-hybridized carbons (Fsp3) is 0.0909. The number of aromatic carboxylic acids is 1. The lowest BCUT2D eigenvalue weighted by Gasteiger charge is -2.05. The van der Waals surface area contributed by atoms with E-state index in [0.29, 0.717) is 5.56 Å². The van der Waals surface area contributed by atoms with Gasteiger partial charge in [-0.1, -0.05) is 11.2 Å². The van der Waals surface area contributed by atoms with Gasteiger partial charge in [0, 0.05) is 11.6 Å². The van der Waals surface area contributed by atoms with Crippen LogP contribution in [0.2, 0.25) is 0 Å². The second-order valence-electron chi connectivity index (χ2n) is 3.43. The summed E-state index contributed by atoms with van der Waals surface area (Å²) in [5.41, 5.74) is 1.54. The molecule has 0 bridgehead atoms. The van der Waals surface area contributed by atoms with Crippen molar-refractivity contribution in [2.24, 2.45) is 0 Å². The lowest BCUT2D eigenvalue weighted by atomic mass is 10.1. The van der Waals surface area contributed by atoms with Gasteiger partial charge in [0.05, 0.1) is 4.47 Å². The smallest absolute Gasteiger partial charge is 0.374 e. The van der Waals surface area contributed by atoms with E-state index in [1.54, 1.807) is 13.0 Å². The topological polar surface area (TPSA) is 63.3 Å². The molecule has 0 aliphatic rings. The Hall–Kier alpha value is -1.69. The number of hydrogen-bond acceptors (Lipinski definition) is 3. The first-order valence-electron chi connectivity index (χ1n) is 4.65. The number of halogens is 2. The summed E-state index contributed by atoms with van der Waals surface area (Å²) in [6, 6.07) is 4.17. The Bertz CT molecular complexity index is 594. The Morgan fingerprint density at radius 1 is 1.53 bits per heavy atom. The number of rotatable bonds is 2. The van der Waals surface area contributed by atoms with E-state index in [0.717, 1.165) is 5.56 Å².